The SMILES string of the molecule is CCC(C)CCCCCCCCCCC(=O)OC[C@H](COP(=O)(O)OC[C@H](O)COP(=O)(O)OC[C@@H](COC(=O)CCCCCCCCCCCCC(C)C)OC(=O)CCCCCCCCCCCCCCCCCCC(C)C)OC(=O)CCCCCCCCCCCCC(C)C. The minimum atomic E-state index is -4.96. The smallest absolute Gasteiger partial charge is 0.462 e. The van der Waals surface area contributed by atoms with Gasteiger partial charge >= 0.3 is 39.5 Å². The molecule has 3 N–H and O–H groups in total. The Morgan fingerprint density at radius 3 is 0.732 bits per heavy atom. The molecule has 0 aliphatic rings. The molecule has 0 radical (unpaired) electrons. The molecule has 19 heteroatoms. The van der Waals surface area contributed by atoms with Crippen LogP contribution in [0.1, 0.15) is 396 Å². The molecule has 0 fully saturated rings. The molecule has 0 aromatic rings. The number of carbonyl (C=O) groups is 4. The average molecular weight is 1420 g/mol. The Balaban J connectivity index is 5.26. The number of carbonyl (C=O) groups excluding carboxylic acids is 4. The van der Waals surface area contributed by atoms with Crippen LogP contribution in [-0.2, 0) is 65.4 Å². The van der Waals surface area contributed by atoms with Crippen LogP contribution < -0.4 is 0 Å². The van der Waals surface area contributed by atoms with Crippen molar-refractivity contribution in [1.82, 2.24) is 0 Å². The lowest BCUT2D eigenvalue weighted by Crippen LogP contribution is -2.30. The molecular formula is C78H152O17P2. The van der Waals surface area contributed by atoms with E-state index in [1.54, 1.807) is 0 Å². The molecule has 0 aromatic heterocycles. The van der Waals surface area contributed by atoms with Crippen LogP contribution in [0.15, 0.2) is 0 Å². The zero-order valence-electron chi connectivity index (χ0n) is 63.7. The minimum absolute atomic E-state index is 0.105. The number of rotatable bonds is 75. The van der Waals surface area contributed by atoms with E-state index in [4.69, 9.17) is 37.0 Å². The van der Waals surface area contributed by atoms with Gasteiger partial charge in [-0.05, 0) is 49.4 Å². The summed E-state index contributed by atoms with van der Waals surface area (Å²) in [6.07, 6.45) is 52.6. The van der Waals surface area contributed by atoms with Crippen LogP contribution in [0.4, 0.5) is 0 Å². The van der Waals surface area contributed by atoms with E-state index >= 15 is 0 Å². The second kappa shape index (κ2) is 67.2. The molecule has 0 aliphatic heterocycles. The van der Waals surface area contributed by atoms with Crippen molar-refractivity contribution >= 4 is 39.5 Å². The van der Waals surface area contributed by atoms with Crippen molar-refractivity contribution in [2.45, 2.75) is 414 Å². The lowest BCUT2D eigenvalue weighted by molar-refractivity contribution is -0.161. The molecular weight excluding hydrogens is 1270 g/mol. The van der Waals surface area contributed by atoms with E-state index in [1.165, 1.54) is 199 Å². The predicted molar refractivity (Wildman–Crippen MR) is 395 cm³/mol. The van der Waals surface area contributed by atoms with E-state index in [0.29, 0.717) is 25.7 Å². The monoisotopic (exact) mass is 1420 g/mol. The fourth-order valence-electron chi connectivity index (χ4n) is 11.9. The maximum atomic E-state index is 13.1. The molecule has 0 amide bonds. The van der Waals surface area contributed by atoms with Gasteiger partial charge in [0.1, 0.15) is 19.3 Å². The highest BCUT2D eigenvalue weighted by molar-refractivity contribution is 7.47. The van der Waals surface area contributed by atoms with Gasteiger partial charge < -0.3 is 33.8 Å². The summed E-state index contributed by atoms with van der Waals surface area (Å²) in [6.45, 7) is 14.2. The number of hydrogen-bond acceptors (Lipinski definition) is 15. The first-order valence-electron chi connectivity index (χ1n) is 40.2. The van der Waals surface area contributed by atoms with Gasteiger partial charge in [-0.3, -0.25) is 37.3 Å². The third-order valence-electron chi connectivity index (χ3n) is 18.4. The van der Waals surface area contributed by atoms with Crippen molar-refractivity contribution in [1.29, 1.82) is 0 Å². The molecule has 3 unspecified atom stereocenters. The molecule has 0 saturated heterocycles. The van der Waals surface area contributed by atoms with Crippen LogP contribution in [0.2, 0.25) is 0 Å². The number of hydrogen-bond donors (Lipinski definition) is 3. The quantitative estimate of drug-likeness (QED) is 0.0222. The number of phosphoric ester groups is 2. The van der Waals surface area contributed by atoms with Gasteiger partial charge in [-0.15, -0.1) is 0 Å². The standard InChI is InChI=1S/C78H152O17P2/c1-9-71(8)57-49-41-33-28-29-35-43-51-59-76(81)89-65-74(95-78(83)61-53-45-37-27-21-19-24-32-40-48-56-70(6)7)67-93-97(86,87)91-63-72(79)62-90-96(84,85)92-66-73(64-88-75(80)58-50-42-34-25-20-18-23-31-39-47-55-69(4)5)94-77(82)60-52-44-36-26-17-15-13-11-10-12-14-16-22-30-38-46-54-68(2)3/h68-74,79H,9-67H2,1-8H3,(H,84,85)(H,86,87)/t71?,72-,73-,74-/m1/s1. The van der Waals surface area contributed by atoms with Crippen molar-refractivity contribution in [3.8, 4) is 0 Å². The van der Waals surface area contributed by atoms with Gasteiger partial charge in [-0.2, -0.15) is 0 Å². The third kappa shape index (κ3) is 70.9. The number of aliphatic hydroxyl groups excluding tert-OH is 1. The van der Waals surface area contributed by atoms with E-state index in [0.717, 1.165) is 114 Å². The molecule has 576 valence electrons. The van der Waals surface area contributed by atoms with Crippen LogP contribution in [0, 0.1) is 23.7 Å². The average Bonchev–Trinajstić information content (AvgIpc) is 1.03. The first-order valence-corrected chi connectivity index (χ1v) is 43.2. The van der Waals surface area contributed by atoms with Gasteiger partial charge in [0.05, 0.1) is 26.4 Å². The molecule has 0 saturated carbocycles. The second-order valence-corrected chi connectivity index (χ2v) is 32.7. The highest BCUT2D eigenvalue weighted by atomic mass is 31.2. The molecule has 0 heterocycles. The fraction of sp³-hybridized carbons (Fsp3) is 0.949. The summed E-state index contributed by atoms with van der Waals surface area (Å²) in [4.78, 5) is 72.9. The number of unbranched alkanes of at least 4 members (excludes halogenated alkanes) is 40. The molecule has 17 nitrogen and oxygen atoms in total. The Bertz CT molecular complexity index is 1900. The largest absolute Gasteiger partial charge is 0.472 e. The van der Waals surface area contributed by atoms with Gasteiger partial charge in [0.2, 0.25) is 0 Å². The Labute approximate surface area is 594 Å². The zero-order valence-corrected chi connectivity index (χ0v) is 65.5. The van der Waals surface area contributed by atoms with E-state index < -0.39 is 97.5 Å². The normalized spacial score (nSPS) is 14.4. The maximum absolute atomic E-state index is 13.1. The second-order valence-electron chi connectivity index (χ2n) is 29.8. The first kappa shape index (κ1) is 95.1. The molecule has 0 bridgehead atoms. The zero-order chi connectivity index (χ0) is 71.7. The van der Waals surface area contributed by atoms with Crippen LogP contribution in [0.25, 0.3) is 0 Å². The predicted octanol–water partition coefficient (Wildman–Crippen LogP) is 22.8. The summed E-state index contributed by atoms with van der Waals surface area (Å²) in [7, 11) is -9.92. The van der Waals surface area contributed by atoms with E-state index in [9.17, 15) is 43.2 Å². The summed E-state index contributed by atoms with van der Waals surface area (Å²) >= 11 is 0. The fourth-order valence-corrected chi connectivity index (χ4v) is 13.5. The molecule has 6 atom stereocenters. The van der Waals surface area contributed by atoms with Crippen molar-refractivity contribution in [3.63, 3.8) is 0 Å². The van der Waals surface area contributed by atoms with Crippen molar-refractivity contribution in [3.05, 3.63) is 0 Å². The summed E-state index contributed by atoms with van der Waals surface area (Å²) in [5.41, 5.74) is 0. The molecule has 0 spiro atoms. The van der Waals surface area contributed by atoms with E-state index in [1.807, 2.05) is 0 Å². The number of esters is 4. The summed E-state index contributed by atoms with van der Waals surface area (Å²) in [6, 6.07) is 0. The first-order chi connectivity index (χ1) is 46.6. The van der Waals surface area contributed by atoms with Gasteiger partial charge in [-0.1, -0.05) is 344 Å². The molecule has 0 aromatic carbocycles. The van der Waals surface area contributed by atoms with E-state index in [2.05, 4.69) is 55.4 Å². The molecule has 0 rings (SSSR count). The highest BCUT2D eigenvalue weighted by Crippen LogP contribution is 2.45. The van der Waals surface area contributed by atoms with Gasteiger partial charge in [0.25, 0.3) is 0 Å². The maximum Gasteiger partial charge on any atom is 0.472 e. The van der Waals surface area contributed by atoms with Gasteiger partial charge in [0.15, 0.2) is 12.2 Å². The minimum Gasteiger partial charge on any atom is -0.462 e. The van der Waals surface area contributed by atoms with Crippen LogP contribution in [0.5, 0.6) is 0 Å². The Kier molecular flexibility index (Phi) is 65.9. The summed E-state index contributed by atoms with van der Waals surface area (Å²) in [5.74, 6) is 0.979. The Morgan fingerprint density at radius 1 is 0.289 bits per heavy atom. The molecule has 0 aliphatic carbocycles. The Hall–Kier alpha value is -1.94. The van der Waals surface area contributed by atoms with Crippen molar-refractivity contribution in [2.24, 2.45) is 23.7 Å². The lowest BCUT2D eigenvalue weighted by atomic mass is 9.99. The van der Waals surface area contributed by atoms with Crippen LogP contribution in [0.3, 0.4) is 0 Å². The summed E-state index contributed by atoms with van der Waals surface area (Å²) in [5, 5.41) is 10.6. The summed E-state index contributed by atoms with van der Waals surface area (Å²) < 4.78 is 68.6. The number of aliphatic hydroxyl groups is 1. The molecule has 97 heavy (non-hydrogen) atoms. The third-order valence-corrected chi connectivity index (χ3v) is 20.3. The van der Waals surface area contributed by atoms with Crippen LogP contribution >= 0.6 is 15.6 Å². The topological polar surface area (TPSA) is 237 Å². The lowest BCUT2D eigenvalue weighted by Gasteiger charge is -2.21. The number of phosphoric acid groups is 2. The van der Waals surface area contributed by atoms with Crippen molar-refractivity contribution < 1.29 is 80.2 Å². The van der Waals surface area contributed by atoms with Gasteiger partial charge in [-0.25, -0.2) is 9.13 Å². The highest BCUT2D eigenvalue weighted by Gasteiger charge is 2.30. The number of ether oxygens (including phenoxy) is 4. The van der Waals surface area contributed by atoms with Crippen molar-refractivity contribution in [2.75, 3.05) is 39.6 Å². The van der Waals surface area contributed by atoms with Gasteiger partial charge in [0, 0.05) is 25.7 Å². The van der Waals surface area contributed by atoms with Crippen LogP contribution in [-0.4, -0.2) is 96.7 Å². The Morgan fingerprint density at radius 2 is 0.495 bits per heavy atom. The van der Waals surface area contributed by atoms with E-state index in [-0.39, 0.29) is 25.7 Å².